The van der Waals surface area contributed by atoms with Gasteiger partial charge in [0, 0.05) is 9.13 Å². The number of hydrogen-bond acceptors (Lipinski definition) is 5. The van der Waals surface area contributed by atoms with E-state index in [2.05, 4.69) is 32.7 Å². The van der Waals surface area contributed by atoms with E-state index in [1.165, 1.54) is 4.52 Å². The van der Waals surface area contributed by atoms with Crippen molar-refractivity contribution in [1.82, 2.24) is 14.6 Å². The van der Waals surface area contributed by atoms with E-state index in [0.717, 1.165) is 26.2 Å². The first-order valence-corrected chi connectivity index (χ1v) is 8.52. The van der Waals surface area contributed by atoms with E-state index in [4.69, 9.17) is 5.14 Å². The van der Waals surface area contributed by atoms with Gasteiger partial charge in [-0.2, -0.15) is 0 Å². The minimum Gasteiger partial charge on any atom is -0.223 e. The fourth-order valence-corrected chi connectivity index (χ4v) is 3.42. The lowest BCUT2D eigenvalue weighted by Crippen LogP contribution is -2.12. The van der Waals surface area contributed by atoms with E-state index < -0.39 is 10.0 Å². The number of sulfonamides is 1. The molecular weight excluding hydrogens is 395 g/mol. The molecule has 19 heavy (non-hydrogen) atoms. The monoisotopic (exact) mass is 402 g/mol. The average molecular weight is 402 g/mol. The summed E-state index contributed by atoms with van der Waals surface area (Å²) in [6, 6.07) is 7.86. The van der Waals surface area contributed by atoms with Gasteiger partial charge in [0.15, 0.2) is 0 Å². The molecule has 0 saturated heterocycles. The molecule has 3 rings (SSSR count). The highest BCUT2D eigenvalue weighted by atomic mass is 123. The van der Waals surface area contributed by atoms with Gasteiger partial charge in [0.25, 0.3) is 10.0 Å². The number of nitrogens with zero attached hydrogens (tertiary/aromatic N) is 3. The van der Waals surface area contributed by atoms with Crippen molar-refractivity contribution in [2.75, 3.05) is 0 Å². The highest BCUT2D eigenvalue weighted by Gasteiger charge is 2.17. The van der Waals surface area contributed by atoms with Crippen LogP contribution in [0.25, 0.3) is 16.2 Å². The highest BCUT2D eigenvalue weighted by molar-refractivity contribution is 14.1. The minimum absolute atomic E-state index is 0.135. The molecule has 0 atom stereocenters. The smallest absolute Gasteiger partial charge is 0.223 e. The number of hydrogen-bond donors (Lipinski definition) is 1. The second-order valence-electron chi connectivity index (χ2n) is 3.77. The predicted octanol–water partition coefficient (Wildman–Crippen LogP) is 1.71. The van der Waals surface area contributed by atoms with E-state index in [-0.39, 0.29) is 4.34 Å². The van der Waals surface area contributed by atoms with E-state index in [0.29, 0.717) is 4.96 Å². The van der Waals surface area contributed by atoms with Gasteiger partial charge in [0.1, 0.15) is 0 Å². The van der Waals surface area contributed by atoms with Gasteiger partial charge >= 0.3 is 0 Å². The molecule has 98 valence electrons. The molecule has 0 aliphatic heterocycles. The molecule has 3 aromatic rings. The fraction of sp³-hybridized carbons (Fsp3) is 0. The summed E-state index contributed by atoms with van der Waals surface area (Å²) in [5, 5.41) is 8.93. The van der Waals surface area contributed by atoms with Crippen molar-refractivity contribution < 1.29 is 8.42 Å². The molecule has 0 amide bonds. The molecule has 2 N–H and O–H groups in total. The second-order valence-corrected chi connectivity index (χ2v) is 7.71. The van der Waals surface area contributed by atoms with Gasteiger partial charge in [-0.3, -0.25) is 0 Å². The molecule has 0 saturated carbocycles. The molecule has 2 aromatic heterocycles. The molecule has 6 nitrogen and oxygen atoms in total. The third-order valence-electron chi connectivity index (χ3n) is 2.41. The van der Waals surface area contributed by atoms with Crippen LogP contribution < -0.4 is 5.14 Å². The summed E-state index contributed by atoms with van der Waals surface area (Å²) in [7, 11) is -3.77. The Kier molecular flexibility index (Phi) is 3.08. The van der Waals surface area contributed by atoms with Crippen molar-refractivity contribution in [2.24, 2.45) is 5.14 Å². The van der Waals surface area contributed by atoms with Crippen molar-refractivity contribution in [3.05, 3.63) is 34.0 Å². The zero-order valence-corrected chi connectivity index (χ0v) is 13.1. The van der Waals surface area contributed by atoms with E-state index in [1.54, 1.807) is 6.20 Å². The maximum Gasteiger partial charge on any atom is 0.267 e. The SMILES string of the molecule is NS(=O)(=O)c1nn2cc(-c3ccc([123I])cc3)nc2s1. The predicted molar refractivity (Wildman–Crippen MR) is 80.4 cm³/mol. The number of fused-ring (bicyclic) bond motifs is 1. The Balaban J connectivity index is 2.08. The Bertz CT molecular complexity index is 820. The minimum atomic E-state index is -3.77. The summed E-state index contributed by atoms with van der Waals surface area (Å²) < 4.78 is 24.8. The summed E-state index contributed by atoms with van der Waals surface area (Å²) in [5.41, 5.74) is 1.70. The van der Waals surface area contributed by atoms with Gasteiger partial charge in [-0.15, -0.1) is 5.10 Å². The average Bonchev–Trinajstić information content (AvgIpc) is 2.86. The Morgan fingerprint density at radius 3 is 2.53 bits per heavy atom. The van der Waals surface area contributed by atoms with Crippen molar-refractivity contribution in [3.8, 4) is 11.3 Å². The molecule has 1 aromatic carbocycles. The van der Waals surface area contributed by atoms with Gasteiger partial charge in [0.05, 0.1) is 11.9 Å². The molecule has 0 aliphatic carbocycles. The summed E-state index contributed by atoms with van der Waals surface area (Å²) in [4.78, 5) is 4.84. The number of halogens is 1. The summed E-state index contributed by atoms with van der Waals surface area (Å²) in [6.07, 6.45) is 1.68. The quantitative estimate of drug-likeness (QED) is 0.661. The number of nitrogens with two attached hydrogens (primary N) is 1. The van der Waals surface area contributed by atoms with Crippen molar-refractivity contribution in [3.63, 3.8) is 0 Å². The van der Waals surface area contributed by atoms with Crippen LogP contribution in [0.4, 0.5) is 0 Å². The standard InChI is InChI=1S/C10H7IN4O2S2/c11-7-3-1-6(2-4-7)8-5-15-9(13-8)18-10(14-15)19(12,16)17/h1-5H,(H2,12,16,17)/i11-4. The molecular formula is C10H7IN4O2S2. The van der Waals surface area contributed by atoms with E-state index in [1.807, 2.05) is 24.3 Å². The van der Waals surface area contributed by atoms with Gasteiger partial charge in [-0.05, 0) is 34.7 Å². The highest BCUT2D eigenvalue weighted by Crippen LogP contribution is 2.24. The van der Waals surface area contributed by atoms with Crippen LogP contribution in [0.15, 0.2) is 34.8 Å². The van der Waals surface area contributed by atoms with Gasteiger partial charge in [-0.1, -0.05) is 23.5 Å². The van der Waals surface area contributed by atoms with Crippen LogP contribution in [0.1, 0.15) is 0 Å². The van der Waals surface area contributed by atoms with Crippen molar-refractivity contribution >= 4 is 48.9 Å². The van der Waals surface area contributed by atoms with Crippen LogP contribution in [0.3, 0.4) is 0 Å². The maximum atomic E-state index is 11.2. The van der Waals surface area contributed by atoms with Crippen LogP contribution in [-0.4, -0.2) is 23.0 Å². The summed E-state index contributed by atoms with van der Waals surface area (Å²) in [5.74, 6) is 0. The Hall–Kier alpha value is -1.04. The lowest BCUT2D eigenvalue weighted by Gasteiger charge is -1.95. The number of benzene rings is 1. The number of rotatable bonds is 2. The topological polar surface area (TPSA) is 90.4 Å². The first-order valence-electron chi connectivity index (χ1n) is 5.08. The third kappa shape index (κ3) is 2.50. The van der Waals surface area contributed by atoms with Gasteiger partial charge in [-0.25, -0.2) is 23.1 Å². The molecule has 0 bridgehead atoms. The second kappa shape index (κ2) is 4.51. The van der Waals surface area contributed by atoms with E-state index >= 15 is 0 Å². The van der Waals surface area contributed by atoms with Crippen LogP contribution in [0.5, 0.6) is 0 Å². The molecule has 0 spiro atoms. The molecule has 2 heterocycles. The summed E-state index contributed by atoms with van der Waals surface area (Å²) >= 11 is 3.17. The molecule has 0 unspecified atom stereocenters. The van der Waals surface area contributed by atoms with Gasteiger partial charge in [0.2, 0.25) is 9.30 Å². The lowest BCUT2D eigenvalue weighted by atomic mass is 10.2. The summed E-state index contributed by atoms with van der Waals surface area (Å²) in [6.45, 7) is 0. The van der Waals surface area contributed by atoms with Crippen molar-refractivity contribution in [1.29, 1.82) is 0 Å². The zero-order valence-electron chi connectivity index (χ0n) is 9.32. The molecule has 0 fully saturated rings. The lowest BCUT2D eigenvalue weighted by molar-refractivity contribution is 0.595. The van der Waals surface area contributed by atoms with E-state index in [9.17, 15) is 8.42 Å². The van der Waals surface area contributed by atoms with Crippen LogP contribution >= 0.6 is 33.9 Å². The zero-order chi connectivity index (χ0) is 13.6. The molecule has 9 heteroatoms. The molecule has 0 aliphatic rings. The first-order chi connectivity index (χ1) is 8.93. The van der Waals surface area contributed by atoms with Crippen LogP contribution in [0, 0.1) is 3.57 Å². The van der Waals surface area contributed by atoms with Crippen LogP contribution in [-0.2, 0) is 10.0 Å². The number of primary sulfonamides is 1. The van der Waals surface area contributed by atoms with Crippen molar-refractivity contribution in [2.45, 2.75) is 4.34 Å². The first kappa shape index (κ1) is 13.0. The van der Waals surface area contributed by atoms with Gasteiger partial charge < -0.3 is 0 Å². The Morgan fingerprint density at radius 2 is 1.95 bits per heavy atom. The largest absolute Gasteiger partial charge is 0.267 e. The van der Waals surface area contributed by atoms with Crippen LogP contribution in [0.2, 0.25) is 0 Å². The number of aromatic nitrogens is 3. The Labute approximate surface area is 126 Å². The molecule has 0 radical (unpaired) electrons. The number of imidazole rings is 1. The Morgan fingerprint density at radius 1 is 1.26 bits per heavy atom. The normalized spacial score (nSPS) is 12.1. The third-order valence-corrected chi connectivity index (χ3v) is 5.36. The fourth-order valence-electron chi connectivity index (χ4n) is 1.56. The maximum absolute atomic E-state index is 11.2.